The lowest BCUT2D eigenvalue weighted by atomic mass is 9.89. The Bertz CT molecular complexity index is 682. The van der Waals surface area contributed by atoms with Crippen LogP contribution in [0.5, 0.6) is 11.5 Å². The maximum atomic E-state index is 10.3. The van der Waals surface area contributed by atoms with E-state index in [0.717, 1.165) is 16.7 Å². The van der Waals surface area contributed by atoms with Crippen LogP contribution in [0.4, 0.5) is 0 Å². The first-order chi connectivity index (χ1) is 11.8. The smallest absolute Gasteiger partial charge is 0.229 e. The number of aliphatic hydroxyl groups is 4. The molecule has 5 N–H and O–H groups in total. The van der Waals surface area contributed by atoms with Crippen LogP contribution < -0.4 is 4.74 Å². The fourth-order valence-electron chi connectivity index (χ4n) is 3.32. The van der Waals surface area contributed by atoms with Gasteiger partial charge < -0.3 is 35.0 Å². The van der Waals surface area contributed by atoms with Crippen molar-refractivity contribution in [3.63, 3.8) is 0 Å². The van der Waals surface area contributed by atoms with Crippen LogP contribution >= 0.6 is 0 Å². The van der Waals surface area contributed by atoms with Crippen LogP contribution in [-0.4, -0.2) is 62.8 Å². The number of phenolic OH excluding ortho intramolecular Hbond substituents is 1. The zero-order valence-corrected chi connectivity index (χ0v) is 14.2. The first kappa shape index (κ1) is 18.2. The molecule has 1 aliphatic heterocycles. The summed E-state index contributed by atoms with van der Waals surface area (Å²) in [5, 5.41) is 49.5. The Morgan fingerprint density at radius 3 is 2.52 bits per heavy atom. The van der Waals surface area contributed by atoms with Gasteiger partial charge in [0.2, 0.25) is 6.29 Å². The monoisotopic (exact) mass is 352 g/mol. The largest absolute Gasteiger partial charge is 0.507 e. The number of aryl methyl sites for hydroxylation is 1. The molecule has 0 amide bonds. The van der Waals surface area contributed by atoms with Crippen LogP contribution in [0.25, 0.3) is 0 Å². The quantitative estimate of drug-likeness (QED) is 0.483. The molecule has 1 aliphatic carbocycles. The van der Waals surface area contributed by atoms with E-state index in [2.05, 4.69) is 0 Å². The summed E-state index contributed by atoms with van der Waals surface area (Å²) in [6.07, 6.45) is -3.45. The third kappa shape index (κ3) is 3.26. The Hall–Kier alpha value is -1.64. The highest BCUT2D eigenvalue weighted by molar-refractivity contribution is 5.56. The molecule has 0 aromatic heterocycles. The predicted molar refractivity (Wildman–Crippen MR) is 88.4 cm³/mol. The molecule has 0 radical (unpaired) electrons. The molecule has 1 aromatic rings. The van der Waals surface area contributed by atoms with Crippen molar-refractivity contribution in [2.45, 2.75) is 57.4 Å². The van der Waals surface area contributed by atoms with Crippen LogP contribution in [0.1, 0.15) is 23.6 Å². The normalized spacial score (nSPS) is 32.1. The fraction of sp³-hybridized carbons (Fsp3) is 0.556. The molecule has 25 heavy (non-hydrogen) atoms. The van der Waals surface area contributed by atoms with E-state index in [-0.39, 0.29) is 5.75 Å². The number of phenols is 1. The van der Waals surface area contributed by atoms with Crippen molar-refractivity contribution in [2.24, 2.45) is 0 Å². The zero-order valence-electron chi connectivity index (χ0n) is 14.2. The second kappa shape index (κ2) is 6.93. The maximum absolute atomic E-state index is 10.3. The van der Waals surface area contributed by atoms with Crippen LogP contribution in [0.15, 0.2) is 17.7 Å². The van der Waals surface area contributed by atoms with Crippen LogP contribution in [0.2, 0.25) is 0 Å². The topological polar surface area (TPSA) is 120 Å². The van der Waals surface area contributed by atoms with Crippen molar-refractivity contribution in [1.29, 1.82) is 0 Å². The van der Waals surface area contributed by atoms with E-state index in [1.807, 2.05) is 13.0 Å². The summed E-state index contributed by atoms with van der Waals surface area (Å²) in [5.41, 5.74) is 3.35. The lowest BCUT2D eigenvalue weighted by Gasteiger charge is -2.40. The molecular weight excluding hydrogens is 328 g/mol. The molecule has 0 bridgehead atoms. The summed E-state index contributed by atoms with van der Waals surface area (Å²) >= 11 is 0. The van der Waals surface area contributed by atoms with E-state index in [9.17, 15) is 25.5 Å². The van der Waals surface area contributed by atoms with Gasteiger partial charge in [-0.15, -0.1) is 0 Å². The molecule has 0 saturated carbocycles. The molecule has 7 heteroatoms. The molecular formula is C18H24O7. The first-order valence-electron chi connectivity index (χ1n) is 8.30. The second-order valence-electron chi connectivity index (χ2n) is 6.74. The van der Waals surface area contributed by atoms with Crippen LogP contribution in [0.3, 0.4) is 0 Å². The Morgan fingerprint density at radius 2 is 1.84 bits per heavy atom. The Balaban J connectivity index is 1.91. The van der Waals surface area contributed by atoms with Crippen molar-refractivity contribution in [3.8, 4) is 11.5 Å². The van der Waals surface area contributed by atoms with Crippen molar-refractivity contribution >= 4 is 0 Å². The van der Waals surface area contributed by atoms with Gasteiger partial charge in [-0.05, 0) is 38.3 Å². The van der Waals surface area contributed by atoms with Gasteiger partial charge in [0.1, 0.15) is 35.9 Å². The van der Waals surface area contributed by atoms with E-state index < -0.39 is 37.3 Å². The summed E-state index contributed by atoms with van der Waals surface area (Å²) in [4.78, 5) is 0. The average molecular weight is 352 g/mol. The number of aliphatic hydroxyl groups excluding tert-OH is 4. The average Bonchev–Trinajstić information content (AvgIpc) is 2.59. The Kier molecular flexibility index (Phi) is 5.04. The highest BCUT2D eigenvalue weighted by atomic mass is 16.7. The number of rotatable bonds is 3. The standard InChI is InChI=1S/C18H24O7/c1-8-3-4-10-11(5-8)14(20)9(2)6-12(10)24-18-17(23)16(22)15(21)13(7-19)25-18/h3,6,13,15-23H,4-5,7H2,1-2H3/t13-,15-,16+,17-,18-/m1/s1. The third-order valence-corrected chi connectivity index (χ3v) is 4.87. The van der Waals surface area contributed by atoms with Gasteiger partial charge >= 0.3 is 0 Å². The van der Waals surface area contributed by atoms with E-state index >= 15 is 0 Å². The van der Waals surface area contributed by atoms with E-state index in [0.29, 0.717) is 24.2 Å². The maximum Gasteiger partial charge on any atom is 0.229 e. The summed E-state index contributed by atoms with van der Waals surface area (Å²) < 4.78 is 11.2. The number of hydrogen-bond acceptors (Lipinski definition) is 7. The Morgan fingerprint density at radius 1 is 1.12 bits per heavy atom. The van der Waals surface area contributed by atoms with E-state index in [4.69, 9.17) is 9.47 Å². The van der Waals surface area contributed by atoms with Crippen molar-refractivity contribution < 1.29 is 35.0 Å². The van der Waals surface area contributed by atoms with Crippen molar-refractivity contribution in [3.05, 3.63) is 34.4 Å². The Labute approximate surface area is 145 Å². The molecule has 1 aromatic carbocycles. The molecule has 5 atom stereocenters. The third-order valence-electron chi connectivity index (χ3n) is 4.87. The van der Waals surface area contributed by atoms with Gasteiger partial charge in [0.05, 0.1) is 6.61 Å². The summed E-state index contributed by atoms with van der Waals surface area (Å²) in [7, 11) is 0. The van der Waals surface area contributed by atoms with Gasteiger partial charge in [-0.2, -0.15) is 0 Å². The van der Waals surface area contributed by atoms with E-state index in [1.54, 1.807) is 13.0 Å². The van der Waals surface area contributed by atoms with Crippen LogP contribution in [0, 0.1) is 6.92 Å². The number of hydrogen-bond donors (Lipinski definition) is 5. The highest BCUT2D eigenvalue weighted by Gasteiger charge is 2.45. The van der Waals surface area contributed by atoms with Crippen molar-refractivity contribution in [1.82, 2.24) is 0 Å². The molecule has 2 aliphatic rings. The van der Waals surface area contributed by atoms with E-state index in [1.165, 1.54) is 0 Å². The predicted octanol–water partition coefficient (Wildman–Crippen LogP) is -0.0758. The number of ether oxygens (including phenoxy) is 2. The SMILES string of the molecule is CC1=CCc2c(O[C@@H]3O[C@H](CO)[C@@H](O)[C@H](O)[C@H]3O)cc(C)c(O)c2C1. The molecule has 1 fully saturated rings. The van der Waals surface area contributed by atoms with Crippen LogP contribution in [-0.2, 0) is 17.6 Å². The highest BCUT2D eigenvalue weighted by Crippen LogP contribution is 2.39. The van der Waals surface area contributed by atoms with Crippen molar-refractivity contribution in [2.75, 3.05) is 6.61 Å². The number of benzene rings is 1. The summed E-state index contributed by atoms with van der Waals surface area (Å²) in [6.45, 7) is 3.23. The molecule has 1 saturated heterocycles. The summed E-state index contributed by atoms with van der Waals surface area (Å²) in [5.74, 6) is 0.669. The van der Waals surface area contributed by atoms with Gasteiger partial charge in [0.15, 0.2) is 0 Å². The number of allylic oxidation sites excluding steroid dienone is 2. The van der Waals surface area contributed by atoms with Gasteiger partial charge in [-0.3, -0.25) is 0 Å². The zero-order chi connectivity index (χ0) is 18.3. The minimum absolute atomic E-state index is 0.226. The lowest BCUT2D eigenvalue weighted by molar-refractivity contribution is -0.277. The molecule has 0 unspecified atom stereocenters. The minimum Gasteiger partial charge on any atom is -0.507 e. The summed E-state index contributed by atoms with van der Waals surface area (Å²) in [6, 6.07) is 1.66. The molecule has 3 rings (SSSR count). The van der Waals surface area contributed by atoms with Gasteiger partial charge in [-0.1, -0.05) is 11.6 Å². The second-order valence-corrected chi connectivity index (χ2v) is 6.74. The fourth-order valence-corrected chi connectivity index (χ4v) is 3.32. The van der Waals surface area contributed by atoms with Gasteiger partial charge in [-0.25, -0.2) is 0 Å². The number of aromatic hydroxyl groups is 1. The first-order valence-corrected chi connectivity index (χ1v) is 8.30. The molecule has 7 nitrogen and oxygen atoms in total. The van der Waals surface area contributed by atoms with Gasteiger partial charge in [0.25, 0.3) is 0 Å². The van der Waals surface area contributed by atoms with Gasteiger partial charge in [0, 0.05) is 11.1 Å². The molecule has 138 valence electrons. The minimum atomic E-state index is -1.49. The number of fused-ring (bicyclic) bond motifs is 1. The lowest BCUT2D eigenvalue weighted by Crippen LogP contribution is -2.60. The molecule has 1 heterocycles. The molecule has 0 spiro atoms.